The van der Waals surface area contributed by atoms with Crippen LogP contribution in [-0.2, 0) is 13.6 Å². The van der Waals surface area contributed by atoms with E-state index in [2.05, 4.69) is 23.0 Å². The van der Waals surface area contributed by atoms with Gasteiger partial charge in [0.2, 0.25) is 0 Å². The minimum Gasteiger partial charge on any atom is -0.330 e. The van der Waals surface area contributed by atoms with Crippen LogP contribution in [0.1, 0.15) is 24.7 Å². The van der Waals surface area contributed by atoms with Gasteiger partial charge in [-0.3, -0.25) is 9.58 Å². The Morgan fingerprint density at radius 2 is 2.31 bits per heavy atom. The fraction of sp³-hybridized carbons (Fsp3) is 0.750. The van der Waals surface area contributed by atoms with Crippen molar-refractivity contribution in [1.29, 1.82) is 0 Å². The van der Waals surface area contributed by atoms with Crippen LogP contribution < -0.4 is 5.73 Å². The van der Waals surface area contributed by atoms with E-state index in [-0.39, 0.29) is 0 Å². The molecule has 16 heavy (non-hydrogen) atoms. The SMILES string of the molecule is Cc1cc(CN2CC(CN)CC2C)n(C)n1. The van der Waals surface area contributed by atoms with Crippen molar-refractivity contribution in [2.24, 2.45) is 18.7 Å². The largest absolute Gasteiger partial charge is 0.330 e. The molecule has 1 aromatic rings. The number of aromatic nitrogens is 2. The van der Waals surface area contributed by atoms with Crippen molar-refractivity contribution in [3.8, 4) is 0 Å². The van der Waals surface area contributed by atoms with Crippen LogP contribution in [0.4, 0.5) is 0 Å². The Morgan fingerprint density at radius 1 is 1.56 bits per heavy atom. The van der Waals surface area contributed by atoms with Gasteiger partial charge in [-0.15, -0.1) is 0 Å². The van der Waals surface area contributed by atoms with Gasteiger partial charge >= 0.3 is 0 Å². The fourth-order valence-corrected chi connectivity index (χ4v) is 2.63. The summed E-state index contributed by atoms with van der Waals surface area (Å²) in [5.74, 6) is 0.671. The normalized spacial score (nSPS) is 26.5. The number of aryl methyl sites for hydroxylation is 2. The molecule has 0 bridgehead atoms. The molecule has 1 aliphatic rings. The van der Waals surface area contributed by atoms with Crippen molar-refractivity contribution < 1.29 is 0 Å². The number of likely N-dealkylation sites (tertiary alicyclic amines) is 1. The summed E-state index contributed by atoms with van der Waals surface area (Å²) in [7, 11) is 2.02. The zero-order chi connectivity index (χ0) is 11.7. The van der Waals surface area contributed by atoms with E-state index in [4.69, 9.17) is 5.73 Å². The molecule has 1 aromatic heterocycles. The molecule has 1 fully saturated rings. The molecule has 0 aromatic carbocycles. The number of hydrogen-bond acceptors (Lipinski definition) is 3. The Morgan fingerprint density at radius 3 is 2.81 bits per heavy atom. The lowest BCUT2D eigenvalue weighted by Gasteiger charge is -2.20. The molecule has 2 unspecified atom stereocenters. The first-order valence-electron chi connectivity index (χ1n) is 6.03. The molecule has 0 amide bonds. The van der Waals surface area contributed by atoms with Crippen LogP contribution >= 0.6 is 0 Å². The number of nitrogens with zero attached hydrogens (tertiary/aromatic N) is 3. The quantitative estimate of drug-likeness (QED) is 0.826. The van der Waals surface area contributed by atoms with Gasteiger partial charge in [-0.05, 0) is 38.8 Å². The second kappa shape index (κ2) is 4.55. The third-order valence-corrected chi connectivity index (χ3v) is 3.59. The summed E-state index contributed by atoms with van der Waals surface area (Å²) < 4.78 is 1.98. The maximum atomic E-state index is 5.74. The highest BCUT2D eigenvalue weighted by Crippen LogP contribution is 2.23. The minimum atomic E-state index is 0.642. The van der Waals surface area contributed by atoms with Crippen LogP contribution in [0.5, 0.6) is 0 Å². The number of hydrogen-bond donors (Lipinski definition) is 1. The molecule has 4 heteroatoms. The molecule has 0 saturated carbocycles. The monoisotopic (exact) mass is 222 g/mol. The van der Waals surface area contributed by atoms with Gasteiger partial charge < -0.3 is 5.73 Å². The molecule has 0 aliphatic carbocycles. The van der Waals surface area contributed by atoms with Crippen LogP contribution in [0.2, 0.25) is 0 Å². The summed E-state index contributed by atoms with van der Waals surface area (Å²) in [6.45, 7) is 7.26. The number of rotatable bonds is 3. The molecule has 0 spiro atoms. The molecule has 2 atom stereocenters. The molecular weight excluding hydrogens is 200 g/mol. The lowest BCUT2D eigenvalue weighted by molar-refractivity contribution is 0.249. The van der Waals surface area contributed by atoms with Crippen LogP contribution in [0.3, 0.4) is 0 Å². The van der Waals surface area contributed by atoms with Crippen molar-refractivity contribution in [3.63, 3.8) is 0 Å². The topological polar surface area (TPSA) is 47.1 Å². The molecule has 1 aliphatic heterocycles. The molecular formula is C12H22N4. The smallest absolute Gasteiger partial charge is 0.0597 e. The molecule has 1 saturated heterocycles. The van der Waals surface area contributed by atoms with E-state index in [1.54, 1.807) is 0 Å². The van der Waals surface area contributed by atoms with Crippen molar-refractivity contribution in [2.45, 2.75) is 32.9 Å². The second-order valence-electron chi connectivity index (χ2n) is 5.02. The summed E-state index contributed by atoms with van der Waals surface area (Å²) in [5.41, 5.74) is 8.13. The van der Waals surface area contributed by atoms with Crippen LogP contribution in [0.15, 0.2) is 6.07 Å². The summed E-state index contributed by atoms with van der Waals surface area (Å²) in [6.07, 6.45) is 1.23. The van der Waals surface area contributed by atoms with Crippen LogP contribution in [0.25, 0.3) is 0 Å². The molecule has 2 N–H and O–H groups in total. The summed E-state index contributed by atoms with van der Waals surface area (Å²) in [6, 6.07) is 2.81. The first-order valence-corrected chi connectivity index (χ1v) is 6.03. The van der Waals surface area contributed by atoms with E-state index in [9.17, 15) is 0 Å². The molecule has 2 heterocycles. The van der Waals surface area contributed by atoms with Crippen LogP contribution in [0, 0.1) is 12.8 Å². The maximum absolute atomic E-state index is 5.74. The van der Waals surface area contributed by atoms with Gasteiger partial charge in [0, 0.05) is 26.2 Å². The van der Waals surface area contributed by atoms with E-state index in [0.29, 0.717) is 12.0 Å². The molecule has 4 nitrogen and oxygen atoms in total. The van der Waals surface area contributed by atoms with Gasteiger partial charge in [-0.25, -0.2) is 0 Å². The van der Waals surface area contributed by atoms with Crippen molar-refractivity contribution >= 4 is 0 Å². The highest BCUT2D eigenvalue weighted by atomic mass is 15.3. The zero-order valence-corrected chi connectivity index (χ0v) is 10.5. The predicted molar refractivity (Wildman–Crippen MR) is 65.0 cm³/mol. The van der Waals surface area contributed by atoms with Gasteiger partial charge in [-0.2, -0.15) is 5.10 Å². The van der Waals surface area contributed by atoms with Crippen LogP contribution in [-0.4, -0.2) is 33.8 Å². The minimum absolute atomic E-state index is 0.642. The van der Waals surface area contributed by atoms with E-state index in [1.807, 2.05) is 18.7 Å². The van der Waals surface area contributed by atoms with Gasteiger partial charge in [0.15, 0.2) is 0 Å². The standard InChI is InChI=1S/C12H22N4/c1-9-4-12(15(3)14-9)8-16-7-11(6-13)5-10(16)2/h4,10-11H,5-8,13H2,1-3H3. The Balaban J connectivity index is 2.02. The van der Waals surface area contributed by atoms with Gasteiger partial charge in [0.05, 0.1) is 11.4 Å². The van der Waals surface area contributed by atoms with E-state index in [1.165, 1.54) is 12.1 Å². The highest BCUT2D eigenvalue weighted by molar-refractivity contribution is 5.09. The summed E-state index contributed by atoms with van der Waals surface area (Å²) in [4.78, 5) is 2.51. The predicted octanol–water partition coefficient (Wildman–Crippen LogP) is 0.898. The first-order chi connectivity index (χ1) is 7.60. The average molecular weight is 222 g/mol. The highest BCUT2D eigenvalue weighted by Gasteiger charge is 2.28. The van der Waals surface area contributed by atoms with Crippen molar-refractivity contribution in [2.75, 3.05) is 13.1 Å². The molecule has 90 valence electrons. The molecule has 0 radical (unpaired) electrons. The summed E-state index contributed by atoms with van der Waals surface area (Å²) in [5, 5.41) is 4.38. The fourth-order valence-electron chi connectivity index (χ4n) is 2.63. The lowest BCUT2D eigenvalue weighted by Crippen LogP contribution is -2.28. The third-order valence-electron chi connectivity index (χ3n) is 3.59. The Hall–Kier alpha value is -0.870. The maximum Gasteiger partial charge on any atom is 0.0597 e. The second-order valence-corrected chi connectivity index (χ2v) is 5.02. The van der Waals surface area contributed by atoms with E-state index >= 15 is 0 Å². The van der Waals surface area contributed by atoms with Gasteiger partial charge in [0.1, 0.15) is 0 Å². The lowest BCUT2D eigenvalue weighted by atomic mass is 10.1. The summed E-state index contributed by atoms with van der Waals surface area (Å²) >= 11 is 0. The van der Waals surface area contributed by atoms with E-state index < -0.39 is 0 Å². The molecule has 2 rings (SSSR count). The van der Waals surface area contributed by atoms with Crippen molar-refractivity contribution in [1.82, 2.24) is 14.7 Å². The average Bonchev–Trinajstić information content (AvgIpc) is 2.72. The zero-order valence-electron chi connectivity index (χ0n) is 10.5. The van der Waals surface area contributed by atoms with E-state index in [0.717, 1.165) is 25.3 Å². The third kappa shape index (κ3) is 2.28. The van der Waals surface area contributed by atoms with Gasteiger partial charge in [-0.1, -0.05) is 0 Å². The Labute approximate surface area is 97.4 Å². The van der Waals surface area contributed by atoms with Gasteiger partial charge in [0.25, 0.3) is 0 Å². The Kier molecular flexibility index (Phi) is 3.30. The Bertz CT molecular complexity index is 358. The first kappa shape index (κ1) is 11.6. The van der Waals surface area contributed by atoms with Crippen molar-refractivity contribution in [3.05, 3.63) is 17.5 Å². The number of nitrogens with two attached hydrogens (primary N) is 1.